The van der Waals surface area contributed by atoms with Gasteiger partial charge in [-0.15, -0.1) is 0 Å². The van der Waals surface area contributed by atoms with Gasteiger partial charge in [0.1, 0.15) is 5.82 Å². The average Bonchev–Trinajstić information content (AvgIpc) is 3.20. The van der Waals surface area contributed by atoms with Crippen LogP contribution < -0.4 is 5.69 Å². The van der Waals surface area contributed by atoms with Gasteiger partial charge in [0.05, 0.1) is 5.52 Å². The van der Waals surface area contributed by atoms with E-state index in [4.69, 9.17) is 11.6 Å². The van der Waals surface area contributed by atoms with E-state index in [0.29, 0.717) is 35.0 Å². The topological polar surface area (TPSA) is 111 Å². The predicted molar refractivity (Wildman–Crippen MR) is 88.2 cm³/mol. The summed E-state index contributed by atoms with van der Waals surface area (Å²) in [5.74, 6) is 0.453. The van der Waals surface area contributed by atoms with Crippen LogP contribution in [0.5, 0.6) is 0 Å². The lowest BCUT2D eigenvalue weighted by atomic mass is 9.97. The van der Waals surface area contributed by atoms with E-state index < -0.39 is 0 Å². The number of carbonyl (C=O) groups is 1. The third-order valence-electron chi connectivity index (χ3n) is 4.34. The lowest BCUT2D eigenvalue weighted by Crippen LogP contribution is -2.39. The highest BCUT2D eigenvalue weighted by molar-refractivity contribution is 6.31. The van der Waals surface area contributed by atoms with Crippen LogP contribution in [0.25, 0.3) is 10.9 Å². The molecule has 0 saturated carbocycles. The van der Waals surface area contributed by atoms with Crippen LogP contribution in [0.4, 0.5) is 0 Å². The van der Waals surface area contributed by atoms with Crippen LogP contribution in [0.15, 0.2) is 23.0 Å². The minimum atomic E-state index is -0.332. The Morgan fingerprint density at radius 3 is 2.96 bits per heavy atom. The summed E-state index contributed by atoms with van der Waals surface area (Å²) < 4.78 is 0. The third kappa shape index (κ3) is 2.58. The molecule has 0 bridgehead atoms. The summed E-state index contributed by atoms with van der Waals surface area (Å²) in [6, 6.07) is 5.29. The summed E-state index contributed by atoms with van der Waals surface area (Å²) in [5.41, 5.74) is 0.804. The Morgan fingerprint density at radius 1 is 1.29 bits per heavy atom. The minimum Gasteiger partial charge on any atom is -0.337 e. The fourth-order valence-electron chi connectivity index (χ4n) is 3.16. The van der Waals surface area contributed by atoms with E-state index in [-0.39, 0.29) is 17.5 Å². The first-order valence-corrected chi connectivity index (χ1v) is 8.07. The molecule has 8 nitrogen and oxygen atoms in total. The van der Waals surface area contributed by atoms with Gasteiger partial charge in [-0.3, -0.25) is 14.9 Å². The first kappa shape index (κ1) is 14.9. The van der Waals surface area contributed by atoms with Crippen LogP contribution in [0.1, 0.15) is 35.1 Å². The summed E-state index contributed by atoms with van der Waals surface area (Å²) in [7, 11) is 0. The zero-order chi connectivity index (χ0) is 16.7. The van der Waals surface area contributed by atoms with Gasteiger partial charge < -0.3 is 4.90 Å². The van der Waals surface area contributed by atoms with Gasteiger partial charge in [0.25, 0.3) is 5.91 Å². The normalized spacial score (nSPS) is 18.2. The Kier molecular flexibility index (Phi) is 3.61. The van der Waals surface area contributed by atoms with Crippen molar-refractivity contribution in [3.05, 3.63) is 45.2 Å². The molecule has 1 aliphatic rings. The molecule has 0 spiro atoms. The van der Waals surface area contributed by atoms with Gasteiger partial charge in [0.15, 0.2) is 5.69 Å². The summed E-state index contributed by atoms with van der Waals surface area (Å²) in [6.07, 6.45) is 1.71. The summed E-state index contributed by atoms with van der Waals surface area (Å²) in [6.45, 7) is 1.15. The Balaban J connectivity index is 1.61. The van der Waals surface area contributed by atoms with E-state index in [0.717, 1.165) is 18.4 Å². The number of aromatic nitrogens is 5. The lowest BCUT2D eigenvalue weighted by molar-refractivity contribution is 0.0700. The molecule has 1 fully saturated rings. The Hall–Kier alpha value is -2.61. The van der Waals surface area contributed by atoms with E-state index in [1.54, 1.807) is 23.1 Å². The van der Waals surface area contributed by atoms with Gasteiger partial charge in [0, 0.05) is 29.4 Å². The summed E-state index contributed by atoms with van der Waals surface area (Å²) in [4.78, 5) is 28.5. The predicted octanol–water partition coefficient (Wildman–Crippen LogP) is 1.65. The molecule has 124 valence electrons. The number of carbonyl (C=O) groups excluding carboxylic acids is 1. The monoisotopic (exact) mass is 346 g/mol. The van der Waals surface area contributed by atoms with Crippen molar-refractivity contribution >= 4 is 28.4 Å². The van der Waals surface area contributed by atoms with Gasteiger partial charge >= 0.3 is 5.69 Å². The average molecular weight is 347 g/mol. The van der Waals surface area contributed by atoms with Crippen molar-refractivity contribution < 1.29 is 4.79 Å². The van der Waals surface area contributed by atoms with Crippen molar-refractivity contribution in [1.82, 2.24) is 30.3 Å². The van der Waals surface area contributed by atoms with Crippen molar-refractivity contribution in [2.75, 3.05) is 13.1 Å². The maximum Gasteiger partial charge on any atom is 0.340 e. The van der Waals surface area contributed by atoms with E-state index in [9.17, 15) is 9.59 Å². The molecular formula is C15H15ClN6O2. The van der Waals surface area contributed by atoms with Crippen molar-refractivity contribution in [1.29, 1.82) is 0 Å². The number of benzene rings is 1. The molecule has 1 aliphatic heterocycles. The van der Waals surface area contributed by atoms with Gasteiger partial charge in [0.2, 0.25) is 0 Å². The second-order valence-corrected chi connectivity index (χ2v) is 6.35. The highest BCUT2D eigenvalue weighted by Crippen LogP contribution is 2.27. The number of fused-ring (bicyclic) bond motifs is 1. The third-order valence-corrected chi connectivity index (χ3v) is 4.58. The minimum absolute atomic E-state index is 0.00967. The number of nitrogens with one attached hydrogen (secondary N) is 3. The zero-order valence-electron chi connectivity index (χ0n) is 12.7. The maximum absolute atomic E-state index is 12.9. The first-order chi connectivity index (χ1) is 11.6. The standard InChI is InChI=1S/C15H15ClN6O2/c16-9-3-4-11-10(6-9)12(19-18-11)14(23)22-5-1-2-8(7-22)13-17-15(24)21-20-13/h3-4,6,8H,1-2,5,7H2,(H,18,19)(H2,17,20,21,24). The smallest absolute Gasteiger partial charge is 0.337 e. The van der Waals surface area contributed by atoms with E-state index >= 15 is 0 Å². The first-order valence-electron chi connectivity index (χ1n) is 7.69. The van der Waals surface area contributed by atoms with E-state index in [2.05, 4.69) is 25.4 Å². The van der Waals surface area contributed by atoms with Crippen LogP contribution in [0, 0.1) is 0 Å². The van der Waals surface area contributed by atoms with Crippen molar-refractivity contribution in [3.63, 3.8) is 0 Å². The van der Waals surface area contributed by atoms with Crippen LogP contribution in [0.3, 0.4) is 0 Å². The molecule has 3 N–H and O–H groups in total. The Bertz CT molecular complexity index is 958. The molecule has 9 heteroatoms. The molecule has 3 aromatic rings. The van der Waals surface area contributed by atoms with Gasteiger partial charge in [-0.2, -0.15) is 10.2 Å². The number of amides is 1. The SMILES string of the molecule is O=C(c1n[nH]c2ccc(Cl)cc12)N1CCCC(c2n[nH]c(=O)[nH]2)C1. The summed E-state index contributed by atoms with van der Waals surface area (Å²) in [5, 5.41) is 14.6. The van der Waals surface area contributed by atoms with Gasteiger partial charge in [-0.25, -0.2) is 9.89 Å². The quantitative estimate of drug-likeness (QED) is 0.655. The maximum atomic E-state index is 12.9. The number of nitrogens with zero attached hydrogens (tertiary/aromatic N) is 3. The second kappa shape index (κ2) is 5.79. The highest BCUT2D eigenvalue weighted by Gasteiger charge is 2.29. The van der Waals surface area contributed by atoms with Crippen molar-refractivity contribution in [2.24, 2.45) is 0 Å². The number of hydrogen-bond donors (Lipinski definition) is 3. The van der Waals surface area contributed by atoms with Crippen LogP contribution in [0.2, 0.25) is 5.02 Å². The molecule has 0 radical (unpaired) electrons. The molecule has 1 unspecified atom stereocenters. The Morgan fingerprint density at radius 2 is 2.17 bits per heavy atom. The number of aromatic amines is 3. The number of likely N-dealkylation sites (tertiary alicyclic amines) is 1. The molecule has 1 saturated heterocycles. The summed E-state index contributed by atoms with van der Waals surface area (Å²) >= 11 is 6.03. The van der Waals surface area contributed by atoms with Crippen molar-refractivity contribution in [2.45, 2.75) is 18.8 Å². The van der Waals surface area contributed by atoms with Crippen LogP contribution >= 0.6 is 11.6 Å². The lowest BCUT2D eigenvalue weighted by Gasteiger charge is -2.31. The molecule has 3 heterocycles. The van der Waals surface area contributed by atoms with Gasteiger partial charge in [-0.05, 0) is 31.0 Å². The Labute approximate surface area is 141 Å². The van der Waals surface area contributed by atoms with Crippen LogP contribution in [-0.2, 0) is 0 Å². The molecule has 0 aliphatic carbocycles. The fourth-order valence-corrected chi connectivity index (χ4v) is 3.33. The second-order valence-electron chi connectivity index (χ2n) is 5.92. The molecular weight excluding hydrogens is 332 g/mol. The van der Waals surface area contributed by atoms with Crippen molar-refractivity contribution in [3.8, 4) is 0 Å². The van der Waals surface area contributed by atoms with Gasteiger partial charge in [-0.1, -0.05) is 11.6 Å². The van der Waals surface area contributed by atoms with E-state index in [1.807, 2.05) is 0 Å². The molecule has 1 atom stereocenters. The molecule has 2 aromatic heterocycles. The number of halogens is 1. The molecule has 24 heavy (non-hydrogen) atoms. The number of piperidine rings is 1. The number of rotatable bonds is 2. The largest absolute Gasteiger partial charge is 0.340 e. The molecule has 1 amide bonds. The fraction of sp³-hybridized carbons (Fsp3) is 0.333. The van der Waals surface area contributed by atoms with E-state index in [1.165, 1.54) is 0 Å². The zero-order valence-corrected chi connectivity index (χ0v) is 13.4. The number of hydrogen-bond acceptors (Lipinski definition) is 4. The molecule has 4 rings (SSSR count). The highest BCUT2D eigenvalue weighted by atomic mass is 35.5. The molecule has 1 aromatic carbocycles. The van der Waals surface area contributed by atoms with Crippen LogP contribution in [-0.4, -0.2) is 49.3 Å². The number of H-pyrrole nitrogens is 3.